The summed E-state index contributed by atoms with van der Waals surface area (Å²) in [7, 11) is 0. The second-order valence-corrected chi connectivity index (χ2v) is 7.24. The van der Waals surface area contributed by atoms with Crippen LogP contribution in [-0.4, -0.2) is 40.2 Å². The number of carbonyl (C=O) groups is 2. The fourth-order valence-corrected chi connectivity index (χ4v) is 4.00. The highest BCUT2D eigenvalue weighted by molar-refractivity contribution is 8.00. The minimum absolute atomic E-state index is 0.0602. The lowest BCUT2D eigenvalue weighted by atomic mass is 10.2. The third kappa shape index (κ3) is 3.49. The van der Waals surface area contributed by atoms with E-state index in [0.717, 1.165) is 10.2 Å². The molecule has 2 amide bonds. The zero-order valence-corrected chi connectivity index (χ0v) is 15.0. The molecule has 0 fully saturated rings. The normalized spacial score (nSPS) is 15.6. The van der Waals surface area contributed by atoms with Crippen molar-refractivity contribution in [3.8, 4) is 11.5 Å². The molecule has 26 heavy (non-hydrogen) atoms. The summed E-state index contributed by atoms with van der Waals surface area (Å²) in [6.45, 7) is 0.0602. The van der Waals surface area contributed by atoms with Crippen molar-refractivity contribution >= 4 is 45.1 Å². The minimum Gasteiger partial charge on any atom is -0.485 e. The quantitative estimate of drug-likeness (QED) is 0.542. The molecule has 0 saturated carbocycles. The summed E-state index contributed by atoms with van der Waals surface area (Å²) in [6.07, 6.45) is 0.607. The SMILES string of the molecule is O=C(CSc1ncnc2sccc12)NC(=O)[C@@H]1COc2ccccc2O1. The zero-order chi connectivity index (χ0) is 17.9. The number of para-hydroxylation sites is 2. The Morgan fingerprint density at radius 3 is 2.96 bits per heavy atom. The molecule has 0 saturated heterocycles. The number of benzene rings is 1. The van der Waals surface area contributed by atoms with E-state index in [0.29, 0.717) is 16.5 Å². The molecule has 4 rings (SSSR count). The number of aromatic nitrogens is 2. The van der Waals surface area contributed by atoms with E-state index < -0.39 is 17.9 Å². The van der Waals surface area contributed by atoms with Gasteiger partial charge in [-0.3, -0.25) is 14.9 Å². The van der Waals surface area contributed by atoms with E-state index in [2.05, 4.69) is 15.3 Å². The Hall–Kier alpha value is -2.65. The van der Waals surface area contributed by atoms with Crippen LogP contribution in [0.3, 0.4) is 0 Å². The van der Waals surface area contributed by atoms with Crippen LogP contribution in [0.5, 0.6) is 11.5 Å². The van der Waals surface area contributed by atoms with Gasteiger partial charge in [-0.25, -0.2) is 9.97 Å². The maximum absolute atomic E-state index is 12.2. The van der Waals surface area contributed by atoms with E-state index in [9.17, 15) is 9.59 Å². The highest BCUT2D eigenvalue weighted by Crippen LogP contribution is 2.31. The maximum Gasteiger partial charge on any atom is 0.271 e. The van der Waals surface area contributed by atoms with Crippen LogP contribution in [0.4, 0.5) is 0 Å². The number of hydrogen-bond donors (Lipinski definition) is 1. The summed E-state index contributed by atoms with van der Waals surface area (Å²) < 4.78 is 11.1. The topological polar surface area (TPSA) is 90.4 Å². The van der Waals surface area contributed by atoms with Crippen molar-refractivity contribution in [3.63, 3.8) is 0 Å². The van der Waals surface area contributed by atoms with Gasteiger partial charge in [0.1, 0.15) is 22.8 Å². The largest absolute Gasteiger partial charge is 0.485 e. The summed E-state index contributed by atoms with van der Waals surface area (Å²) in [5.74, 6) is 0.208. The maximum atomic E-state index is 12.2. The average molecular weight is 387 g/mol. The molecule has 0 radical (unpaired) electrons. The number of carbonyl (C=O) groups excluding carboxylic acids is 2. The summed E-state index contributed by atoms with van der Waals surface area (Å²) in [4.78, 5) is 33.6. The van der Waals surface area contributed by atoms with Crippen LogP contribution in [0.25, 0.3) is 10.2 Å². The van der Waals surface area contributed by atoms with Gasteiger partial charge in [-0.2, -0.15) is 0 Å². The number of thioether (sulfide) groups is 1. The first-order chi connectivity index (χ1) is 12.7. The van der Waals surface area contributed by atoms with Crippen molar-refractivity contribution in [3.05, 3.63) is 42.0 Å². The van der Waals surface area contributed by atoms with Crippen LogP contribution in [0.1, 0.15) is 0 Å². The molecule has 1 aromatic carbocycles. The molecular formula is C17H13N3O4S2. The molecule has 2 aromatic heterocycles. The first-order valence-electron chi connectivity index (χ1n) is 7.74. The molecule has 0 spiro atoms. The Labute approximate surface area is 156 Å². The lowest BCUT2D eigenvalue weighted by Crippen LogP contribution is -2.46. The molecule has 9 heteroatoms. The third-order valence-corrected chi connectivity index (χ3v) is 5.45. The van der Waals surface area contributed by atoms with Gasteiger partial charge in [-0.1, -0.05) is 23.9 Å². The van der Waals surface area contributed by atoms with Crippen molar-refractivity contribution < 1.29 is 19.1 Å². The number of amides is 2. The summed E-state index contributed by atoms with van der Waals surface area (Å²) in [5.41, 5.74) is 0. The first-order valence-corrected chi connectivity index (χ1v) is 9.60. The van der Waals surface area contributed by atoms with E-state index in [-0.39, 0.29) is 12.4 Å². The van der Waals surface area contributed by atoms with E-state index in [1.165, 1.54) is 29.4 Å². The number of nitrogens with one attached hydrogen (secondary N) is 1. The van der Waals surface area contributed by atoms with Crippen molar-refractivity contribution in [1.82, 2.24) is 15.3 Å². The molecule has 0 bridgehead atoms. The summed E-state index contributed by atoms with van der Waals surface area (Å²) in [5, 5.41) is 5.89. The van der Waals surface area contributed by atoms with Crippen molar-refractivity contribution in [2.75, 3.05) is 12.4 Å². The molecule has 1 aliphatic heterocycles. The smallest absolute Gasteiger partial charge is 0.271 e. The molecule has 3 aromatic rings. The van der Waals surface area contributed by atoms with E-state index in [1.54, 1.807) is 18.2 Å². The van der Waals surface area contributed by atoms with Gasteiger partial charge in [0, 0.05) is 5.39 Å². The summed E-state index contributed by atoms with van der Waals surface area (Å²) in [6, 6.07) is 9.00. The predicted octanol–water partition coefficient (Wildman–Crippen LogP) is 2.27. The third-order valence-electron chi connectivity index (χ3n) is 3.63. The van der Waals surface area contributed by atoms with E-state index in [4.69, 9.17) is 9.47 Å². The fourth-order valence-electron chi connectivity index (χ4n) is 2.42. The van der Waals surface area contributed by atoms with Gasteiger partial charge in [0.2, 0.25) is 12.0 Å². The number of rotatable bonds is 4. The average Bonchev–Trinajstić information content (AvgIpc) is 3.15. The van der Waals surface area contributed by atoms with Crippen LogP contribution in [-0.2, 0) is 9.59 Å². The highest BCUT2D eigenvalue weighted by atomic mass is 32.2. The van der Waals surface area contributed by atoms with Gasteiger partial charge in [0.05, 0.1) is 5.75 Å². The van der Waals surface area contributed by atoms with Crippen LogP contribution in [0, 0.1) is 0 Å². The lowest BCUT2D eigenvalue weighted by Gasteiger charge is -2.25. The summed E-state index contributed by atoms with van der Waals surface area (Å²) >= 11 is 2.77. The second-order valence-electron chi connectivity index (χ2n) is 5.38. The number of nitrogens with zero attached hydrogens (tertiary/aromatic N) is 2. The molecule has 0 aliphatic carbocycles. The van der Waals surface area contributed by atoms with Crippen LogP contribution < -0.4 is 14.8 Å². The van der Waals surface area contributed by atoms with Crippen molar-refractivity contribution in [2.45, 2.75) is 11.1 Å². The van der Waals surface area contributed by atoms with Gasteiger partial charge < -0.3 is 9.47 Å². The van der Waals surface area contributed by atoms with Gasteiger partial charge >= 0.3 is 0 Å². The predicted molar refractivity (Wildman–Crippen MR) is 97.6 cm³/mol. The Morgan fingerprint density at radius 2 is 2.08 bits per heavy atom. The molecule has 7 nitrogen and oxygen atoms in total. The van der Waals surface area contributed by atoms with E-state index >= 15 is 0 Å². The Kier molecular flexibility index (Phi) is 4.72. The zero-order valence-electron chi connectivity index (χ0n) is 13.4. The molecule has 132 valence electrons. The van der Waals surface area contributed by atoms with Crippen molar-refractivity contribution in [1.29, 1.82) is 0 Å². The number of fused-ring (bicyclic) bond motifs is 2. The van der Waals surface area contributed by atoms with Gasteiger partial charge in [-0.15, -0.1) is 11.3 Å². The molecule has 1 aliphatic rings. The molecule has 3 heterocycles. The van der Waals surface area contributed by atoms with Gasteiger partial charge in [0.25, 0.3) is 5.91 Å². The first kappa shape index (κ1) is 16.8. The van der Waals surface area contributed by atoms with Crippen LogP contribution in [0.15, 0.2) is 47.1 Å². The molecule has 0 unspecified atom stereocenters. The highest BCUT2D eigenvalue weighted by Gasteiger charge is 2.28. The van der Waals surface area contributed by atoms with Crippen LogP contribution in [0.2, 0.25) is 0 Å². The number of thiophene rings is 1. The van der Waals surface area contributed by atoms with Crippen molar-refractivity contribution in [2.24, 2.45) is 0 Å². The number of imide groups is 1. The fraction of sp³-hybridized carbons (Fsp3) is 0.176. The standard InChI is InChI=1S/C17H13N3O4S2/c21-14(8-26-17-10-5-6-25-16(10)18-9-19-17)20-15(22)13-7-23-11-3-1-2-4-12(11)24-13/h1-6,9,13H,7-8H2,(H,20,21,22)/t13-/m0/s1. The second kappa shape index (κ2) is 7.30. The Bertz CT molecular complexity index is 975. The van der Waals surface area contributed by atoms with E-state index in [1.807, 2.05) is 17.5 Å². The Balaban J connectivity index is 1.34. The Morgan fingerprint density at radius 1 is 1.23 bits per heavy atom. The molecule has 1 atom stereocenters. The minimum atomic E-state index is -0.860. The molecule has 1 N–H and O–H groups in total. The monoisotopic (exact) mass is 387 g/mol. The van der Waals surface area contributed by atoms with Gasteiger partial charge in [0.15, 0.2) is 11.5 Å². The van der Waals surface area contributed by atoms with Crippen LogP contribution >= 0.6 is 23.1 Å². The number of hydrogen-bond acceptors (Lipinski definition) is 8. The number of ether oxygens (including phenoxy) is 2. The molecular weight excluding hydrogens is 374 g/mol. The van der Waals surface area contributed by atoms with Gasteiger partial charge in [-0.05, 0) is 23.6 Å². The lowest BCUT2D eigenvalue weighted by molar-refractivity contribution is -0.135.